The Labute approximate surface area is 285 Å². The molecule has 256 valence electrons. The van der Waals surface area contributed by atoms with E-state index in [-0.39, 0.29) is 56.2 Å². The monoisotopic (exact) mass is 669 g/mol. The number of carbonyl (C=O) groups is 3. The summed E-state index contributed by atoms with van der Waals surface area (Å²) >= 11 is 0. The summed E-state index contributed by atoms with van der Waals surface area (Å²) in [6.45, 7) is 22.9. The van der Waals surface area contributed by atoms with Crippen LogP contribution in [0.15, 0.2) is 17.9 Å². The molecular weight excluding hydrogens is 617 g/mol. The molecule has 1 aliphatic carbocycles. The van der Waals surface area contributed by atoms with Gasteiger partial charge in [0.05, 0.1) is 22.5 Å². The molecule has 4 aliphatic heterocycles. The molecule has 1 unspecified atom stereocenters. The standard InChI is InChI=1S/C40H52N3O4P/c1-21(44)41-31-23(19-25-33-29(31)39(7,8)12-16-43(33)15-11-37(25,3)4)27-34(46)28(35(27)47)24-20-26-36-30(32(24)42-22(2)45)40(9,10)14-18-48(36)17-13-38(26,5)6/h19-20,46,48H,11-18H2,1-10H3,(H,41,44)(H,42,45)/b28-24+. The zero-order chi connectivity index (χ0) is 34.9. The number of rotatable bonds is 3. The number of benzene rings is 2. The second-order valence-electron chi connectivity index (χ2n) is 17.6. The fourth-order valence-electron chi connectivity index (χ4n) is 9.33. The Morgan fingerprint density at radius 3 is 1.88 bits per heavy atom. The van der Waals surface area contributed by atoms with Crippen LogP contribution < -0.4 is 20.8 Å². The quantitative estimate of drug-likeness (QED) is 0.298. The van der Waals surface area contributed by atoms with Gasteiger partial charge in [-0.1, -0.05) is 55.4 Å². The SMILES string of the molecule is CC(=O)Nc1c(C2=C(O)/C(=c3/cc4c5c(c3NC(C)=O)C(C)(C)CC[PH]=5CCC4(C)C)C2=O)cc2c3c1C(C)(C)CCN3CCC2(C)C. The van der Waals surface area contributed by atoms with Crippen molar-refractivity contribution in [3.8, 4) is 0 Å². The number of aliphatic hydroxyl groups excluding tert-OH is 1. The van der Waals surface area contributed by atoms with E-state index in [2.05, 4.69) is 83.1 Å². The van der Waals surface area contributed by atoms with Crippen molar-refractivity contribution in [3.63, 3.8) is 0 Å². The van der Waals surface area contributed by atoms with Gasteiger partial charge in [0.1, 0.15) is 5.76 Å². The lowest BCUT2D eigenvalue weighted by Gasteiger charge is -2.49. The van der Waals surface area contributed by atoms with Gasteiger partial charge in [0.15, 0.2) is 0 Å². The van der Waals surface area contributed by atoms with Gasteiger partial charge < -0.3 is 20.6 Å². The molecule has 1 atom stereocenters. The van der Waals surface area contributed by atoms with Crippen LogP contribution in [0, 0.1) is 4.94 Å². The molecule has 7 nitrogen and oxygen atoms in total. The van der Waals surface area contributed by atoms with E-state index in [4.69, 9.17) is 0 Å². The summed E-state index contributed by atoms with van der Waals surface area (Å²) in [5.41, 5.74) is 7.46. The van der Waals surface area contributed by atoms with E-state index in [0.29, 0.717) is 22.2 Å². The summed E-state index contributed by atoms with van der Waals surface area (Å²) in [7, 11) is -0.814. The highest BCUT2D eigenvalue weighted by atomic mass is 31.1. The maximum absolute atomic E-state index is 14.7. The molecule has 0 saturated heterocycles. The number of hydrogen-bond donors (Lipinski definition) is 3. The molecular formula is C40H52N3O4P. The number of allylic oxidation sites excluding steroid dienone is 2. The van der Waals surface area contributed by atoms with E-state index >= 15 is 0 Å². The minimum atomic E-state index is -0.814. The first kappa shape index (κ1) is 33.2. The van der Waals surface area contributed by atoms with E-state index in [1.807, 2.05) is 0 Å². The number of hydrogen-bond acceptors (Lipinski definition) is 5. The van der Waals surface area contributed by atoms with Gasteiger partial charge in [0.2, 0.25) is 17.6 Å². The molecule has 0 bridgehead atoms. The van der Waals surface area contributed by atoms with Crippen LogP contribution in [-0.4, -0.2) is 48.1 Å². The van der Waals surface area contributed by atoms with Crippen LogP contribution in [-0.2, 0) is 36.0 Å². The Morgan fingerprint density at radius 2 is 1.27 bits per heavy atom. The Balaban J connectivity index is 1.59. The van der Waals surface area contributed by atoms with Crippen molar-refractivity contribution < 1.29 is 19.5 Å². The number of carbonyl (C=O) groups excluding carboxylic acids is 3. The highest BCUT2D eigenvalue weighted by molar-refractivity contribution is 7.49. The molecule has 2 amide bonds. The van der Waals surface area contributed by atoms with Crippen LogP contribution in [0.4, 0.5) is 17.1 Å². The molecule has 0 saturated carbocycles. The maximum Gasteiger partial charge on any atom is 0.221 e. The third-order valence-corrected chi connectivity index (χ3v) is 15.2. The number of ketones is 1. The Bertz CT molecular complexity index is 2020. The fourth-order valence-corrected chi connectivity index (χ4v) is 13.5. The van der Waals surface area contributed by atoms with Gasteiger partial charge in [-0.05, 0) is 93.4 Å². The van der Waals surface area contributed by atoms with Crippen molar-refractivity contribution in [2.75, 3.05) is 40.9 Å². The first-order valence-electron chi connectivity index (χ1n) is 17.7. The summed E-state index contributed by atoms with van der Waals surface area (Å²) < 4.78 is 0. The summed E-state index contributed by atoms with van der Waals surface area (Å²) in [5, 5.41) is 19.1. The van der Waals surface area contributed by atoms with Crippen molar-refractivity contribution in [1.82, 2.24) is 0 Å². The van der Waals surface area contributed by atoms with Crippen LogP contribution in [0.3, 0.4) is 0 Å². The molecule has 7 rings (SSSR count). The second-order valence-corrected chi connectivity index (χ2v) is 20.3. The third kappa shape index (κ3) is 4.77. The van der Waals surface area contributed by atoms with Gasteiger partial charge in [0, 0.05) is 49.0 Å². The Kier molecular flexibility index (Phi) is 7.33. The fraction of sp³-hybridized carbons (Fsp3) is 0.550. The molecule has 5 aliphatic rings. The molecule has 0 radical (unpaired) electrons. The number of anilines is 3. The molecule has 0 fully saturated rings. The van der Waals surface area contributed by atoms with Crippen LogP contribution in [0.2, 0.25) is 0 Å². The van der Waals surface area contributed by atoms with Crippen molar-refractivity contribution in [2.45, 2.75) is 117 Å². The molecule has 48 heavy (non-hydrogen) atoms. The number of nitrogens with zero attached hydrogens (tertiary/aromatic N) is 1. The van der Waals surface area contributed by atoms with Gasteiger partial charge in [-0.3, -0.25) is 14.4 Å². The van der Waals surface area contributed by atoms with Crippen molar-refractivity contribution in [3.05, 3.63) is 55.9 Å². The first-order valence-corrected chi connectivity index (χ1v) is 19.6. The third-order valence-electron chi connectivity index (χ3n) is 12.3. The largest absolute Gasteiger partial charge is 0.506 e. The summed E-state index contributed by atoms with van der Waals surface area (Å²) in [6, 6.07) is 4.18. The summed E-state index contributed by atoms with van der Waals surface area (Å²) in [4.78, 5) is 44.2. The lowest BCUT2D eigenvalue weighted by molar-refractivity contribution is -0.115. The lowest BCUT2D eigenvalue weighted by atomic mass is 9.67. The average molecular weight is 670 g/mol. The average Bonchev–Trinajstić information content (AvgIpc) is 2.96. The van der Waals surface area contributed by atoms with Gasteiger partial charge in [-0.15, -0.1) is 7.55 Å². The lowest BCUT2D eigenvalue weighted by Crippen LogP contribution is -2.45. The molecule has 4 heterocycles. The van der Waals surface area contributed by atoms with E-state index in [1.165, 1.54) is 36.7 Å². The van der Waals surface area contributed by atoms with Gasteiger partial charge in [-0.2, -0.15) is 0 Å². The van der Waals surface area contributed by atoms with Crippen LogP contribution >= 0.6 is 7.55 Å². The summed E-state index contributed by atoms with van der Waals surface area (Å²) in [5.74, 6) is -0.721. The van der Waals surface area contributed by atoms with Crippen molar-refractivity contribution in [2.24, 2.45) is 0 Å². The zero-order valence-electron chi connectivity index (χ0n) is 30.4. The van der Waals surface area contributed by atoms with Crippen LogP contribution in [0.5, 0.6) is 0 Å². The molecule has 3 N–H and O–H groups in total. The van der Waals surface area contributed by atoms with Gasteiger partial charge in [0.25, 0.3) is 0 Å². The van der Waals surface area contributed by atoms with Crippen LogP contribution in [0.1, 0.15) is 123 Å². The van der Waals surface area contributed by atoms with E-state index in [0.717, 1.165) is 61.2 Å². The second kappa shape index (κ2) is 10.6. The highest BCUT2D eigenvalue weighted by Gasteiger charge is 2.46. The molecule has 8 heteroatoms. The number of nitrogens with one attached hydrogen (secondary N) is 2. The first-order chi connectivity index (χ1) is 22.3. The van der Waals surface area contributed by atoms with Gasteiger partial charge >= 0.3 is 0 Å². The normalized spacial score (nSPS) is 25.1. The summed E-state index contributed by atoms with van der Waals surface area (Å²) in [6.07, 6.45) is 6.41. The van der Waals surface area contributed by atoms with E-state index in [9.17, 15) is 19.5 Å². The highest BCUT2D eigenvalue weighted by Crippen LogP contribution is 2.56. The van der Waals surface area contributed by atoms with Crippen LogP contribution in [0.25, 0.3) is 11.1 Å². The van der Waals surface area contributed by atoms with Gasteiger partial charge in [-0.25, -0.2) is 0 Å². The number of Topliss-reactive ketones (excluding diaryl/α,β-unsaturated/α-hetero) is 1. The van der Waals surface area contributed by atoms with E-state index < -0.39 is 7.55 Å². The number of aliphatic hydroxyl groups is 1. The van der Waals surface area contributed by atoms with Crippen molar-refractivity contribution in [1.29, 1.82) is 0 Å². The molecule has 2 aromatic rings. The Morgan fingerprint density at radius 1 is 0.729 bits per heavy atom. The van der Waals surface area contributed by atoms with Crippen molar-refractivity contribution >= 4 is 53.4 Å². The topological polar surface area (TPSA) is 98.7 Å². The minimum Gasteiger partial charge on any atom is -0.506 e. The molecule has 0 spiro atoms. The maximum atomic E-state index is 14.7. The van der Waals surface area contributed by atoms with E-state index in [1.54, 1.807) is 0 Å². The number of amides is 2. The molecule has 2 aromatic carbocycles. The predicted molar refractivity (Wildman–Crippen MR) is 199 cm³/mol. The predicted octanol–water partition coefficient (Wildman–Crippen LogP) is 7.30. The Hall–Kier alpha value is -3.31. The minimum absolute atomic E-state index is 0.0654. The zero-order valence-corrected chi connectivity index (χ0v) is 31.4. The molecule has 0 aromatic heterocycles. The smallest absolute Gasteiger partial charge is 0.221 e.